The van der Waals surface area contributed by atoms with E-state index in [1.54, 1.807) is 6.07 Å². The molecule has 3 rings (SSSR count). The molecule has 20 heavy (non-hydrogen) atoms. The lowest BCUT2D eigenvalue weighted by Crippen LogP contribution is -2.22. The molecule has 3 heteroatoms. The van der Waals surface area contributed by atoms with Gasteiger partial charge in [0.15, 0.2) is 0 Å². The Labute approximate surface area is 127 Å². The Hall–Kier alpha value is -1.19. The van der Waals surface area contributed by atoms with Crippen LogP contribution in [0.2, 0.25) is 0 Å². The third-order valence-electron chi connectivity index (χ3n) is 3.93. The topological polar surface area (TPSA) is 12.0 Å². The van der Waals surface area contributed by atoms with E-state index in [1.165, 1.54) is 17.2 Å². The average Bonchev–Trinajstić information content (AvgIpc) is 2.83. The Morgan fingerprint density at radius 3 is 2.90 bits per heavy atom. The fraction of sp³-hybridized carbons (Fsp3) is 0.294. The highest BCUT2D eigenvalue weighted by atomic mass is 79.9. The molecule has 0 aromatic heterocycles. The molecule has 0 bridgehead atoms. The maximum atomic E-state index is 13.5. The molecule has 0 heterocycles. The first kappa shape index (κ1) is 13.8. The zero-order valence-corrected chi connectivity index (χ0v) is 12.8. The van der Waals surface area contributed by atoms with Crippen LogP contribution in [0.3, 0.4) is 0 Å². The van der Waals surface area contributed by atoms with E-state index in [0.717, 1.165) is 35.8 Å². The first-order valence-electron chi connectivity index (χ1n) is 6.99. The van der Waals surface area contributed by atoms with E-state index < -0.39 is 0 Å². The van der Waals surface area contributed by atoms with Crippen LogP contribution in [0.5, 0.6) is 0 Å². The number of halogens is 2. The summed E-state index contributed by atoms with van der Waals surface area (Å²) in [5, 5.41) is 3.55. The number of aryl methyl sites for hydroxylation is 1. The maximum absolute atomic E-state index is 13.5. The van der Waals surface area contributed by atoms with Gasteiger partial charge in [0.1, 0.15) is 5.82 Å². The van der Waals surface area contributed by atoms with E-state index in [0.29, 0.717) is 6.04 Å². The third-order valence-corrected chi connectivity index (χ3v) is 4.42. The van der Waals surface area contributed by atoms with Gasteiger partial charge >= 0.3 is 0 Å². The summed E-state index contributed by atoms with van der Waals surface area (Å²) in [4.78, 5) is 0. The smallest absolute Gasteiger partial charge is 0.126 e. The van der Waals surface area contributed by atoms with Gasteiger partial charge in [-0.25, -0.2) is 4.39 Å². The normalized spacial score (nSPS) is 17.2. The molecule has 0 amide bonds. The second-order valence-electron chi connectivity index (χ2n) is 5.23. The molecule has 1 aliphatic rings. The van der Waals surface area contributed by atoms with Crippen molar-refractivity contribution in [1.82, 2.24) is 5.32 Å². The van der Waals surface area contributed by atoms with E-state index in [9.17, 15) is 4.39 Å². The van der Waals surface area contributed by atoms with Crippen molar-refractivity contribution in [1.29, 1.82) is 0 Å². The summed E-state index contributed by atoms with van der Waals surface area (Å²) in [7, 11) is 0. The Balaban J connectivity index is 1.60. The van der Waals surface area contributed by atoms with Crippen molar-refractivity contribution in [3.8, 4) is 0 Å². The van der Waals surface area contributed by atoms with Gasteiger partial charge in [-0.3, -0.25) is 0 Å². The fourth-order valence-corrected chi connectivity index (χ4v) is 3.29. The molecule has 104 valence electrons. The molecule has 1 unspecified atom stereocenters. The molecular weight excluding hydrogens is 317 g/mol. The van der Waals surface area contributed by atoms with Crippen molar-refractivity contribution in [2.45, 2.75) is 25.3 Å². The van der Waals surface area contributed by atoms with E-state index in [4.69, 9.17) is 0 Å². The highest BCUT2D eigenvalue weighted by Gasteiger charge is 2.21. The summed E-state index contributed by atoms with van der Waals surface area (Å²) in [5.74, 6) is -0.106. The minimum Gasteiger partial charge on any atom is -0.310 e. The number of hydrogen-bond donors (Lipinski definition) is 1. The minimum atomic E-state index is -0.106. The molecule has 2 aromatic carbocycles. The van der Waals surface area contributed by atoms with E-state index >= 15 is 0 Å². The molecule has 0 saturated carbocycles. The van der Waals surface area contributed by atoms with Crippen LogP contribution in [0, 0.1) is 5.82 Å². The molecule has 2 aromatic rings. The van der Waals surface area contributed by atoms with Crippen molar-refractivity contribution < 1.29 is 4.39 Å². The molecule has 0 spiro atoms. The Morgan fingerprint density at radius 1 is 1.20 bits per heavy atom. The number of rotatable bonds is 4. The van der Waals surface area contributed by atoms with Crippen LogP contribution >= 0.6 is 15.9 Å². The van der Waals surface area contributed by atoms with Crippen molar-refractivity contribution in [3.05, 3.63) is 69.4 Å². The van der Waals surface area contributed by atoms with Gasteiger partial charge in [-0.05, 0) is 60.7 Å². The van der Waals surface area contributed by atoms with Gasteiger partial charge in [0.05, 0.1) is 0 Å². The van der Waals surface area contributed by atoms with Crippen LogP contribution in [0.15, 0.2) is 46.9 Å². The molecular formula is C17H17BrFN. The first-order chi connectivity index (χ1) is 9.74. The van der Waals surface area contributed by atoms with Gasteiger partial charge in [0.2, 0.25) is 0 Å². The molecule has 0 saturated heterocycles. The van der Waals surface area contributed by atoms with Crippen molar-refractivity contribution >= 4 is 15.9 Å². The Kier molecular flexibility index (Phi) is 4.18. The van der Waals surface area contributed by atoms with Crippen molar-refractivity contribution in [3.63, 3.8) is 0 Å². The summed E-state index contributed by atoms with van der Waals surface area (Å²) in [6.45, 7) is 0.807. The van der Waals surface area contributed by atoms with Crippen LogP contribution in [-0.2, 0) is 12.8 Å². The molecule has 0 fully saturated rings. The molecule has 1 N–H and O–H groups in total. The van der Waals surface area contributed by atoms with Gasteiger partial charge in [0.25, 0.3) is 0 Å². The zero-order valence-electron chi connectivity index (χ0n) is 11.2. The summed E-state index contributed by atoms with van der Waals surface area (Å²) < 4.78 is 14.7. The number of fused-ring (bicyclic) bond motifs is 1. The highest BCUT2D eigenvalue weighted by molar-refractivity contribution is 9.10. The predicted molar refractivity (Wildman–Crippen MR) is 83.3 cm³/mol. The zero-order chi connectivity index (χ0) is 13.9. The van der Waals surface area contributed by atoms with Crippen LogP contribution in [0.1, 0.15) is 29.2 Å². The molecule has 1 nitrogen and oxygen atoms in total. The summed E-state index contributed by atoms with van der Waals surface area (Å²) in [6, 6.07) is 13.9. The number of benzene rings is 2. The average molecular weight is 334 g/mol. The van der Waals surface area contributed by atoms with E-state index in [2.05, 4.69) is 39.4 Å². The van der Waals surface area contributed by atoms with Crippen molar-refractivity contribution in [2.24, 2.45) is 0 Å². The number of nitrogens with one attached hydrogen (secondary N) is 1. The monoisotopic (exact) mass is 333 g/mol. The van der Waals surface area contributed by atoms with Gasteiger partial charge in [-0.1, -0.05) is 40.2 Å². The predicted octanol–water partition coefficient (Wildman–Crippen LogP) is 4.41. The largest absolute Gasteiger partial charge is 0.310 e. The van der Waals surface area contributed by atoms with E-state index in [-0.39, 0.29) is 5.82 Å². The fourth-order valence-electron chi connectivity index (χ4n) is 2.88. The molecule has 1 aliphatic carbocycles. The summed E-state index contributed by atoms with van der Waals surface area (Å²) >= 11 is 3.51. The summed E-state index contributed by atoms with van der Waals surface area (Å²) in [6.07, 6.45) is 2.98. The number of hydrogen-bond acceptors (Lipinski definition) is 1. The minimum absolute atomic E-state index is 0.106. The van der Waals surface area contributed by atoms with Gasteiger partial charge in [0, 0.05) is 10.5 Å². The first-order valence-corrected chi connectivity index (χ1v) is 7.78. The molecule has 0 aliphatic heterocycles. The lowest BCUT2D eigenvalue weighted by molar-refractivity contribution is 0.526. The van der Waals surface area contributed by atoms with Crippen LogP contribution < -0.4 is 5.32 Å². The SMILES string of the molecule is Fc1ccccc1CCNC1CCc2cc(Br)ccc21. The Bertz CT molecular complexity index is 612. The third kappa shape index (κ3) is 2.94. The van der Waals surface area contributed by atoms with Crippen LogP contribution in [0.4, 0.5) is 4.39 Å². The lowest BCUT2D eigenvalue weighted by Gasteiger charge is -2.14. The van der Waals surface area contributed by atoms with Gasteiger partial charge in [-0.15, -0.1) is 0 Å². The van der Waals surface area contributed by atoms with Gasteiger partial charge < -0.3 is 5.32 Å². The second kappa shape index (κ2) is 6.06. The quantitative estimate of drug-likeness (QED) is 0.873. The van der Waals surface area contributed by atoms with E-state index in [1.807, 2.05) is 12.1 Å². The molecule has 0 radical (unpaired) electrons. The highest BCUT2D eigenvalue weighted by Crippen LogP contribution is 2.32. The standard InChI is InChI=1S/C17H17BrFN/c18-14-6-7-15-13(11-14)5-8-17(15)20-10-9-12-3-1-2-4-16(12)19/h1-4,6-7,11,17,20H,5,8-10H2. The maximum Gasteiger partial charge on any atom is 0.126 e. The van der Waals surface area contributed by atoms with Crippen LogP contribution in [0.25, 0.3) is 0 Å². The molecule has 1 atom stereocenters. The van der Waals surface area contributed by atoms with Crippen LogP contribution in [-0.4, -0.2) is 6.54 Å². The van der Waals surface area contributed by atoms with Gasteiger partial charge in [-0.2, -0.15) is 0 Å². The Morgan fingerprint density at radius 2 is 2.05 bits per heavy atom. The summed E-state index contributed by atoms with van der Waals surface area (Å²) in [5.41, 5.74) is 3.60. The lowest BCUT2D eigenvalue weighted by atomic mass is 10.1. The second-order valence-corrected chi connectivity index (χ2v) is 6.15. The van der Waals surface area contributed by atoms with Crippen molar-refractivity contribution in [2.75, 3.05) is 6.54 Å².